The van der Waals surface area contributed by atoms with Crippen molar-refractivity contribution >= 4 is 56.8 Å². The van der Waals surface area contributed by atoms with E-state index in [1.807, 2.05) is 11.0 Å². The number of aryl methyl sites for hydroxylation is 1. The normalized spacial score (nSPS) is 17.4. The third kappa shape index (κ3) is 8.36. The Morgan fingerprint density at radius 2 is 1.27 bits per heavy atom. The molecule has 3 atom stereocenters. The molecule has 2 aliphatic carbocycles. The van der Waals surface area contributed by atoms with Gasteiger partial charge in [0.15, 0.2) is 0 Å². The zero-order valence-corrected chi connectivity index (χ0v) is 33.9. The number of fused-ring (bicyclic) bond motifs is 3. The van der Waals surface area contributed by atoms with E-state index in [9.17, 15) is 19.2 Å². The standard InChI is InChI=1S/C46H50N8O6/c1-59-45(57)52-40(26-8-9-26)43(55)47-20-4-3-7-39-48-34-18-16-32(24-36(34)49-39)30-14-12-29-23-31(15-13-28(29)22-30)33-17-19-35-37(25-33)51-42(50-35)38-6-5-21-54(38)44(56)41(27-10-11-27)53-46(58)60-2/h12-19,22-27,38,40-41H,3-11,20-21H2,1-2H3,(H,47,55)(H,48,49)(H,50,51)(H,52,57)(H,53,58)/t38-,40-,41?/m0/s1. The Morgan fingerprint density at radius 3 is 1.90 bits per heavy atom. The smallest absolute Gasteiger partial charge is 0.407 e. The maximum atomic E-state index is 13.7. The number of aromatic amines is 2. The van der Waals surface area contributed by atoms with Crippen LogP contribution in [0.5, 0.6) is 0 Å². The fraction of sp³-hybridized carbons (Fsp3) is 0.391. The number of methoxy groups -OCH3 is 2. The quantitative estimate of drug-likeness (QED) is 0.0711. The Balaban J connectivity index is 0.834. The SMILES string of the molecule is COC(=O)NC(C(=O)N1CCC[C@H]1c1nc2ccc(-c3ccc4cc(-c5ccc6nc(CCCCNC(=O)[C@@H](NC(=O)OC)C7CC7)[nH]c6c5)ccc4c3)cc2[nH]1)C1CC1. The summed E-state index contributed by atoms with van der Waals surface area (Å²) < 4.78 is 9.49. The number of imidazole rings is 2. The first kappa shape index (κ1) is 39.0. The van der Waals surface area contributed by atoms with Crippen molar-refractivity contribution in [3.8, 4) is 22.3 Å². The van der Waals surface area contributed by atoms with E-state index in [0.29, 0.717) is 13.1 Å². The van der Waals surface area contributed by atoms with Gasteiger partial charge in [-0.25, -0.2) is 19.6 Å². The first-order chi connectivity index (χ1) is 29.2. The molecule has 0 radical (unpaired) electrons. The van der Waals surface area contributed by atoms with Gasteiger partial charge in [-0.3, -0.25) is 9.59 Å². The molecule has 14 heteroatoms. The zero-order chi connectivity index (χ0) is 41.3. The van der Waals surface area contributed by atoms with Crippen LogP contribution in [-0.2, 0) is 25.5 Å². The van der Waals surface area contributed by atoms with E-state index in [-0.39, 0.29) is 29.7 Å². The molecule has 4 amide bonds. The van der Waals surface area contributed by atoms with Gasteiger partial charge in [-0.1, -0.05) is 36.4 Å². The van der Waals surface area contributed by atoms with Gasteiger partial charge in [0.2, 0.25) is 11.8 Å². The monoisotopic (exact) mass is 810 g/mol. The zero-order valence-electron chi connectivity index (χ0n) is 33.9. The van der Waals surface area contributed by atoms with Crippen molar-refractivity contribution in [1.29, 1.82) is 0 Å². The third-order valence-electron chi connectivity index (χ3n) is 12.2. The number of likely N-dealkylation sites (tertiary alicyclic amines) is 1. The molecule has 14 nitrogen and oxygen atoms in total. The van der Waals surface area contributed by atoms with E-state index in [4.69, 9.17) is 14.7 Å². The summed E-state index contributed by atoms with van der Waals surface area (Å²) in [6.07, 6.45) is 6.64. The second-order valence-electron chi connectivity index (χ2n) is 16.4. The Bertz CT molecular complexity index is 2590. The number of hydrogen-bond donors (Lipinski definition) is 5. The molecule has 310 valence electrons. The minimum atomic E-state index is -0.582. The van der Waals surface area contributed by atoms with E-state index in [1.54, 1.807) is 0 Å². The van der Waals surface area contributed by atoms with Crippen LogP contribution in [0.2, 0.25) is 0 Å². The third-order valence-corrected chi connectivity index (χ3v) is 12.2. The molecule has 3 fully saturated rings. The highest BCUT2D eigenvalue weighted by atomic mass is 16.5. The van der Waals surface area contributed by atoms with Crippen molar-refractivity contribution in [1.82, 2.24) is 40.8 Å². The number of amides is 4. The van der Waals surface area contributed by atoms with Gasteiger partial charge in [-0.15, -0.1) is 0 Å². The Hall–Kier alpha value is -6.44. The Kier molecular flexibility index (Phi) is 10.8. The first-order valence-corrected chi connectivity index (χ1v) is 21.0. The molecule has 1 unspecified atom stereocenters. The van der Waals surface area contributed by atoms with E-state index in [2.05, 4.69) is 97.4 Å². The molecule has 6 aromatic rings. The molecule has 5 N–H and O–H groups in total. The highest BCUT2D eigenvalue weighted by Gasteiger charge is 2.43. The first-order valence-electron chi connectivity index (χ1n) is 21.0. The van der Waals surface area contributed by atoms with Gasteiger partial charge >= 0.3 is 12.2 Å². The van der Waals surface area contributed by atoms with Gasteiger partial charge in [-0.2, -0.15) is 0 Å². The number of unbranched alkanes of at least 4 members (excludes halogenated alkanes) is 1. The van der Waals surface area contributed by atoms with Crippen molar-refractivity contribution in [3.05, 3.63) is 84.4 Å². The molecule has 0 bridgehead atoms. The van der Waals surface area contributed by atoms with E-state index in [1.165, 1.54) is 14.2 Å². The van der Waals surface area contributed by atoms with Crippen LogP contribution in [0.4, 0.5) is 9.59 Å². The predicted molar refractivity (Wildman–Crippen MR) is 228 cm³/mol. The topological polar surface area (TPSA) is 183 Å². The van der Waals surface area contributed by atoms with Crippen LogP contribution in [0.3, 0.4) is 0 Å². The molecule has 0 spiro atoms. The molecule has 1 aliphatic heterocycles. The van der Waals surface area contributed by atoms with E-state index < -0.39 is 24.3 Å². The lowest BCUT2D eigenvalue weighted by molar-refractivity contribution is -0.135. The largest absolute Gasteiger partial charge is 0.453 e. The molecule has 1 saturated heterocycles. The number of rotatable bonds is 14. The minimum absolute atomic E-state index is 0.0687. The molecular formula is C46H50N8O6. The lowest BCUT2D eigenvalue weighted by Crippen LogP contribution is -2.49. The number of nitrogens with one attached hydrogen (secondary N) is 5. The number of carbonyl (C=O) groups is 4. The van der Waals surface area contributed by atoms with E-state index in [0.717, 1.165) is 125 Å². The lowest BCUT2D eigenvalue weighted by Gasteiger charge is -2.28. The summed E-state index contributed by atoms with van der Waals surface area (Å²) >= 11 is 0. The van der Waals surface area contributed by atoms with Gasteiger partial charge < -0.3 is 40.3 Å². The number of nitrogens with zero attached hydrogens (tertiary/aromatic N) is 3. The van der Waals surface area contributed by atoms with Gasteiger partial charge in [0.25, 0.3) is 0 Å². The maximum Gasteiger partial charge on any atom is 0.407 e. The van der Waals surface area contributed by atoms with Gasteiger partial charge in [0, 0.05) is 19.5 Å². The average molecular weight is 811 g/mol. The molecular weight excluding hydrogens is 761 g/mol. The fourth-order valence-corrected chi connectivity index (χ4v) is 8.57. The van der Waals surface area contributed by atoms with Crippen LogP contribution in [-0.4, -0.2) is 88.2 Å². The summed E-state index contributed by atoms with van der Waals surface area (Å²) in [7, 11) is 2.62. The van der Waals surface area contributed by atoms with Crippen molar-refractivity contribution in [2.45, 2.75) is 75.9 Å². The highest BCUT2D eigenvalue weighted by Crippen LogP contribution is 2.38. The second kappa shape index (κ2) is 16.7. The molecule has 2 aromatic heterocycles. The fourth-order valence-electron chi connectivity index (χ4n) is 8.57. The number of ether oxygens (including phenoxy) is 2. The summed E-state index contributed by atoms with van der Waals surface area (Å²) in [5.74, 6) is 1.78. The molecule has 9 rings (SSSR count). The number of alkyl carbamates (subject to hydrolysis) is 2. The van der Waals surface area contributed by atoms with E-state index >= 15 is 0 Å². The van der Waals surface area contributed by atoms with Crippen LogP contribution in [0, 0.1) is 11.8 Å². The van der Waals surface area contributed by atoms with Crippen molar-refractivity contribution in [2.24, 2.45) is 11.8 Å². The molecule has 3 heterocycles. The molecule has 4 aromatic carbocycles. The molecule has 3 aliphatic rings. The summed E-state index contributed by atoms with van der Waals surface area (Å²) in [6.45, 7) is 1.16. The number of aromatic nitrogens is 4. The van der Waals surface area contributed by atoms with Crippen LogP contribution in [0.15, 0.2) is 72.8 Å². The van der Waals surface area contributed by atoms with Gasteiger partial charge in [-0.05, 0) is 133 Å². The second-order valence-corrected chi connectivity index (χ2v) is 16.4. The lowest BCUT2D eigenvalue weighted by atomic mass is 9.97. The van der Waals surface area contributed by atoms with Crippen molar-refractivity contribution in [3.63, 3.8) is 0 Å². The van der Waals surface area contributed by atoms with Crippen molar-refractivity contribution < 1.29 is 28.7 Å². The summed E-state index contributed by atoms with van der Waals surface area (Å²) in [6, 6.07) is 24.3. The van der Waals surface area contributed by atoms with Crippen LogP contribution in [0.1, 0.15) is 69.1 Å². The van der Waals surface area contributed by atoms with Gasteiger partial charge in [0.1, 0.15) is 23.7 Å². The van der Waals surface area contributed by atoms with Crippen LogP contribution >= 0.6 is 0 Å². The number of carbonyl (C=O) groups excluding carboxylic acids is 4. The molecule has 2 saturated carbocycles. The molecule has 60 heavy (non-hydrogen) atoms. The number of H-pyrrole nitrogens is 2. The summed E-state index contributed by atoms with van der Waals surface area (Å²) in [5, 5.41) is 10.7. The minimum Gasteiger partial charge on any atom is -0.453 e. The number of benzene rings is 4. The maximum absolute atomic E-state index is 13.7. The summed E-state index contributed by atoms with van der Waals surface area (Å²) in [4.78, 5) is 68.6. The Morgan fingerprint density at radius 1 is 0.700 bits per heavy atom. The number of hydrogen-bond acceptors (Lipinski definition) is 8. The average Bonchev–Trinajstić information content (AvgIpc) is 4.16. The van der Waals surface area contributed by atoms with Crippen LogP contribution in [0.25, 0.3) is 55.1 Å². The predicted octanol–water partition coefficient (Wildman–Crippen LogP) is 7.30. The van der Waals surface area contributed by atoms with Crippen LogP contribution < -0.4 is 16.0 Å². The van der Waals surface area contributed by atoms with Crippen molar-refractivity contribution in [2.75, 3.05) is 27.3 Å². The van der Waals surface area contributed by atoms with Gasteiger partial charge in [0.05, 0.1) is 42.3 Å². The Labute approximate surface area is 347 Å². The summed E-state index contributed by atoms with van der Waals surface area (Å²) in [5.41, 5.74) is 8.04. The highest BCUT2D eigenvalue weighted by molar-refractivity contribution is 5.93.